The Kier molecular flexibility index (Phi) is 8.82. The molecular formula is C28H42FN3O. The molecule has 1 aliphatic carbocycles. The lowest BCUT2D eigenvalue weighted by atomic mass is 10.1. The number of fused-ring (bicyclic) bond motifs is 1. The standard InChI is InChI=1S/C28H42FN3O/c1-2-3-4-5-6-7-8-9-10-11-15-30-17-19-31(20-18-30)27-22-26-24(21-25(27)29)28(33)14-16-32(26)23-12-13-23/h14,16,21-23H,2-13,15,17-20H2,1H3. The van der Waals surface area contributed by atoms with Gasteiger partial charge in [0.15, 0.2) is 5.43 Å². The normalized spacial score (nSPS) is 17.2. The van der Waals surface area contributed by atoms with Gasteiger partial charge in [-0.2, -0.15) is 0 Å². The third kappa shape index (κ3) is 6.59. The molecule has 4 nitrogen and oxygen atoms in total. The van der Waals surface area contributed by atoms with Gasteiger partial charge >= 0.3 is 0 Å². The Bertz CT molecular complexity index is 944. The van der Waals surface area contributed by atoms with E-state index in [2.05, 4.69) is 21.3 Å². The van der Waals surface area contributed by atoms with Gasteiger partial charge in [0.05, 0.1) is 11.2 Å². The van der Waals surface area contributed by atoms with Crippen LogP contribution in [0.25, 0.3) is 10.9 Å². The van der Waals surface area contributed by atoms with E-state index in [-0.39, 0.29) is 11.2 Å². The van der Waals surface area contributed by atoms with Crippen molar-refractivity contribution in [2.75, 3.05) is 37.6 Å². The Labute approximate surface area is 198 Å². The average molecular weight is 456 g/mol. The van der Waals surface area contributed by atoms with Crippen LogP contribution in [-0.4, -0.2) is 42.2 Å². The van der Waals surface area contributed by atoms with Crippen LogP contribution in [0.3, 0.4) is 0 Å². The molecule has 1 aromatic heterocycles. The fraction of sp³-hybridized carbons (Fsp3) is 0.679. The summed E-state index contributed by atoms with van der Waals surface area (Å²) >= 11 is 0. The lowest BCUT2D eigenvalue weighted by Crippen LogP contribution is -2.47. The minimum Gasteiger partial charge on any atom is -0.367 e. The number of piperazine rings is 1. The van der Waals surface area contributed by atoms with Gasteiger partial charge in [0.1, 0.15) is 5.82 Å². The zero-order valence-electron chi connectivity index (χ0n) is 20.5. The van der Waals surface area contributed by atoms with E-state index in [1.807, 2.05) is 12.3 Å². The number of halogens is 1. The SMILES string of the molecule is CCCCCCCCCCCCN1CCN(c2cc3c(cc2F)c(=O)ccn3C2CC2)CC1. The minimum atomic E-state index is -0.267. The van der Waals surface area contributed by atoms with Crippen LogP contribution in [0, 0.1) is 5.82 Å². The van der Waals surface area contributed by atoms with Crippen molar-refractivity contribution in [3.63, 3.8) is 0 Å². The highest BCUT2D eigenvalue weighted by Crippen LogP contribution is 2.37. The summed E-state index contributed by atoms with van der Waals surface area (Å²) in [6.45, 7) is 7.10. The molecule has 2 heterocycles. The van der Waals surface area contributed by atoms with Gasteiger partial charge in [0.2, 0.25) is 0 Å². The summed E-state index contributed by atoms with van der Waals surface area (Å²) in [5.74, 6) is -0.267. The summed E-state index contributed by atoms with van der Waals surface area (Å²) in [6.07, 6.45) is 17.8. The molecule has 5 heteroatoms. The second kappa shape index (κ2) is 12.0. The summed E-state index contributed by atoms with van der Waals surface area (Å²) in [5.41, 5.74) is 1.45. The summed E-state index contributed by atoms with van der Waals surface area (Å²) in [4.78, 5) is 17.0. The van der Waals surface area contributed by atoms with Gasteiger partial charge < -0.3 is 9.47 Å². The van der Waals surface area contributed by atoms with Crippen LogP contribution in [0.15, 0.2) is 29.2 Å². The van der Waals surface area contributed by atoms with Gasteiger partial charge in [-0.25, -0.2) is 4.39 Å². The van der Waals surface area contributed by atoms with Crippen molar-refractivity contribution in [2.24, 2.45) is 0 Å². The van der Waals surface area contributed by atoms with Crippen molar-refractivity contribution in [3.05, 3.63) is 40.4 Å². The Hall–Kier alpha value is -1.88. The summed E-state index contributed by atoms with van der Waals surface area (Å²) in [6, 6.07) is 5.42. The molecule has 1 aromatic carbocycles. The maximum atomic E-state index is 15.0. The van der Waals surface area contributed by atoms with Crippen molar-refractivity contribution < 1.29 is 4.39 Å². The number of rotatable bonds is 13. The lowest BCUT2D eigenvalue weighted by molar-refractivity contribution is 0.251. The van der Waals surface area contributed by atoms with Crippen molar-refractivity contribution in [1.82, 2.24) is 9.47 Å². The molecule has 0 radical (unpaired) electrons. The predicted octanol–water partition coefficient (Wildman–Crippen LogP) is 6.52. The molecule has 0 amide bonds. The smallest absolute Gasteiger partial charge is 0.189 e. The fourth-order valence-corrected chi connectivity index (χ4v) is 5.23. The number of pyridine rings is 1. The van der Waals surface area contributed by atoms with E-state index < -0.39 is 0 Å². The molecule has 0 unspecified atom stereocenters. The van der Waals surface area contributed by atoms with E-state index in [1.165, 1.54) is 70.3 Å². The Morgan fingerprint density at radius 3 is 2.15 bits per heavy atom. The number of aromatic nitrogens is 1. The molecule has 0 N–H and O–H groups in total. The first-order chi connectivity index (χ1) is 16.2. The van der Waals surface area contributed by atoms with Gasteiger partial charge in [0, 0.05) is 49.9 Å². The Morgan fingerprint density at radius 1 is 0.879 bits per heavy atom. The molecule has 2 fully saturated rings. The van der Waals surface area contributed by atoms with E-state index in [0.29, 0.717) is 17.1 Å². The topological polar surface area (TPSA) is 28.5 Å². The van der Waals surface area contributed by atoms with Crippen LogP contribution in [0.4, 0.5) is 10.1 Å². The third-order valence-corrected chi connectivity index (χ3v) is 7.48. The van der Waals surface area contributed by atoms with Crippen LogP contribution < -0.4 is 10.3 Å². The number of anilines is 1. The van der Waals surface area contributed by atoms with Crippen LogP contribution in [-0.2, 0) is 0 Å². The lowest BCUT2D eigenvalue weighted by Gasteiger charge is -2.36. The quantitative estimate of drug-likeness (QED) is 0.322. The Balaban J connectivity index is 1.21. The van der Waals surface area contributed by atoms with Gasteiger partial charge in [-0.15, -0.1) is 0 Å². The summed E-state index contributed by atoms with van der Waals surface area (Å²) in [5, 5.41) is 0.505. The Morgan fingerprint density at radius 2 is 1.52 bits per heavy atom. The maximum absolute atomic E-state index is 15.0. The molecule has 1 aliphatic heterocycles. The van der Waals surface area contributed by atoms with Crippen LogP contribution in [0.5, 0.6) is 0 Å². The molecule has 2 aromatic rings. The second-order valence-electron chi connectivity index (χ2n) is 10.1. The second-order valence-corrected chi connectivity index (χ2v) is 10.1. The van der Waals surface area contributed by atoms with Gasteiger partial charge in [-0.05, 0) is 37.9 Å². The molecule has 182 valence electrons. The highest BCUT2D eigenvalue weighted by Gasteiger charge is 2.26. The third-order valence-electron chi connectivity index (χ3n) is 7.48. The molecular weight excluding hydrogens is 413 g/mol. The number of benzene rings is 1. The monoisotopic (exact) mass is 455 g/mol. The zero-order valence-corrected chi connectivity index (χ0v) is 20.5. The van der Waals surface area contributed by atoms with Crippen LogP contribution in [0.2, 0.25) is 0 Å². The molecule has 33 heavy (non-hydrogen) atoms. The molecule has 0 bridgehead atoms. The van der Waals surface area contributed by atoms with E-state index in [9.17, 15) is 9.18 Å². The summed E-state index contributed by atoms with van der Waals surface area (Å²) < 4.78 is 17.1. The number of nitrogens with zero attached hydrogens (tertiary/aromatic N) is 3. The highest BCUT2D eigenvalue weighted by molar-refractivity contribution is 5.83. The van der Waals surface area contributed by atoms with Gasteiger partial charge in [-0.3, -0.25) is 9.69 Å². The molecule has 1 saturated heterocycles. The van der Waals surface area contributed by atoms with Gasteiger partial charge in [0.25, 0.3) is 0 Å². The minimum absolute atomic E-state index is 0.0892. The van der Waals surface area contributed by atoms with E-state index in [4.69, 9.17) is 0 Å². The van der Waals surface area contributed by atoms with Crippen LogP contribution in [0.1, 0.15) is 90.0 Å². The van der Waals surface area contributed by atoms with E-state index in [0.717, 1.165) is 51.1 Å². The molecule has 1 saturated carbocycles. The average Bonchev–Trinajstić information content (AvgIpc) is 3.66. The first kappa shape index (κ1) is 24.3. The molecule has 0 spiro atoms. The predicted molar refractivity (Wildman–Crippen MR) is 137 cm³/mol. The zero-order chi connectivity index (χ0) is 23.0. The van der Waals surface area contributed by atoms with Crippen molar-refractivity contribution in [2.45, 2.75) is 90.0 Å². The van der Waals surface area contributed by atoms with Crippen LogP contribution >= 0.6 is 0 Å². The van der Waals surface area contributed by atoms with Crippen molar-refractivity contribution >= 4 is 16.6 Å². The first-order valence-corrected chi connectivity index (χ1v) is 13.5. The number of hydrogen-bond donors (Lipinski definition) is 0. The summed E-state index contributed by atoms with van der Waals surface area (Å²) in [7, 11) is 0. The number of hydrogen-bond acceptors (Lipinski definition) is 3. The van der Waals surface area contributed by atoms with Gasteiger partial charge in [-0.1, -0.05) is 64.7 Å². The maximum Gasteiger partial charge on any atom is 0.189 e. The molecule has 2 aliphatic rings. The fourth-order valence-electron chi connectivity index (χ4n) is 5.23. The number of unbranched alkanes of at least 4 members (excludes halogenated alkanes) is 9. The van der Waals surface area contributed by atoms with E-state index >= 15 is 0 Å². The molecule has 0 atom stereocenters. The largest absolute Gasteiger partial charge is 0.367 e. The van der Waals surface area contributed by atoms with E-state index in [1.54, 1.807) is 6.07 Å². The van der Waals surface area contributed by atoms with Crippen molar-refractivity contribution in [3.8, 4) is 0 Å². The first-order valence-electron chi connectivity index (χ1n) is 13.5. The highest BCUT2D eigenvalue weighted by atomic mass is 19.1. The molecule has 4 rings (SSSR count). The van der Waals surface area contributed by atoms with Crippen molar-refractivity contribution in [1.29, 1.82) is 0 Å².